The quantitative estimate of drug-likeness (QED) is 0.828. The first-order valence-electron chi connectivity index (χ1n) is 5.74. The zero-order valence-electron chi connectivity index (χ0n) is 10.00. The Hall–Kier alpha value is -1.74. The summed E-state index contributed by atoms with van der Waals surface area (Å²) in [4.78, 5) is 11.8. The number of ketones is 1. The topological polar surface area (TPSA) is 17.1 Å². The van der Waals surface area contributed by atoms with Gasteiger partial charge in [-0.3, -0.25) is 4.79 Å². The number of hydrogen-bond donors (Lipinski definition) is 0. The highest BCUT2D eigenvalue weighted by Crippen LogP contribution is 2.14. The SMILES string of the molecule is O=C(Cc1ccc(Cl)cc1)Cc1cc(F)ccc1F. The van der Waals surface area contributed by atoms with Crippen LogP contribution in [0.5, 0.6) is 0 Å². The van der Waals surface area contributed by atoms with E-state index in [-0.39, 0.29) is 24.2 Å². The van der Waals surface area contributed by atoms with Gasteiger partial charge in [-0.05, 0) is 41.5 Å². The summed E-state index contributed by atoms with van der Waals surface area (Å²) in [6, 6.07) is 9.96. The maximum atomic E-state index is 13.4. The second-order valence-electron chi connectivity index (χ2n) is 4.25. The zero-order valence-corrected chi connectivity index (χ0v) is 10.8. The van der Waals surface area contributed by atoms with E-state index in [0.717, 1.165) is 23.8 Å². The van der Waals surface area contributed by atoms with Crippen molar-refractivity contribution >= 4 is 17.4 Å². The Labute approximate surface area is 114 Å². The van der Waals surface area contributed by atoms with E-state index in [1.165, 1.54) is 0 Å². The molecule has 0 aliphatic carbocycles. The van der Waals surface area contributed by atoms with Crippen LogP contribution in [0.15, 0.2) is 42.5 Å². The van der Waals surface area contributed by atoms with Crippen LogP contribution in [-0.4, -0.2) is 5.78 Å². The summed E-state index contributed by atoms with van der Waals surface area (Å²) in [5, 5.41) is 0.590. The summed E-state index contributed by atoms with van der Waals surface area (Å²) < 4.78 is 26.4. The monoisotopic (exact) mass is 280 g/mol. The van der Waals surface area contributed by atoms with Gasteiger partial charge in [0.25, 0.3) is 0 Å². The molecule has 2 aromatic rings. The molecular formula is C15H11ClF2O. The van der Waals surface area contributed by atoms with Gasteiger partial charge in [0.2, 0.25) is 0 Å². The molecule has 0 atom stereocenters. The smallest absolute Gasteiger partial charge is 0.141 e. The van der Waals surface area contributed by atoms with Crippen molar-refractivity contribution in [3.05, 3.63) is 70.2 Å². The number of Topliss-reactive ketones (excluding diaryl/α,β-unsaturated/α-hetero) is 1. The van der Waals surface area contributed by atoms with Crippen LogP contribution in [0, 0.1) is 11.6 Å². The fourth-order valence-corrected chi connectivity index (χ4v) is 1.91. The molecule has 0 saturated carbocycles. The molecule has 0 aliphatic heterocycles. The number of carbonyl (C=O) groups is 1. The van der Waals surface area contributed by atoms with Crippen molar-refractivity contribution in [2.24, 2.45) is 0 Å². The minimum atomic E-state index is -0.564. The Bertz CT molecular complexity index is 594. The van der Waals surface area contributed by atoms with Crippen LogP contribution in [0.25, 0.3) is 0 Å². The summed E-state index contributed by atoms with van der Waals surface area (Å²) >= 11 is 5.74. The first-order chi connectivity index (χ1) is 9.04. The average molecular weight is 281 g/mol. The number of halogens is 3. The standard InChI is InChI=1S/C15H11ClF2O/c16-12-3-1-10(2-4-12)7-14(19)9-11-8-13(17)5-6-15(11)18/h1-6,8H,7,9H2. The lowest BCUT2D eigenvalue weighted by molar-refractivity contribution is -0.117. The Balaban J connectivity index is 2.05. The number of hydrogen-bond acceptors (Lipinski definition) is 1. The molecule has 0 fully saturated rings. The van der Waals surface area contributed by atoms with E-state index in [9.17, 15) is 13.6 Å². The molecule has 2 aromatic carbocycles. The van der Waals surface area contributed by atoms with Crippen molar-refractivity contribution in [3.63, 3.8) is 0 Å². The lowest BCUT2D eigenvalue weighted by Crippen LogP contribution is -2.08. The van der Waals surface area contributed by atoms with Gasteiger partial charge < -0.3 is 0 Å². The molecule has 0 aromatic heterocycles. The molecule has 0 amide bonds. The normalized spacial score (nSPS) is 10.5. The largest absolute Gasteiger partial charge is 0.299 e. The number of benzene rings is 2. The molecule has 2 rings (SSSR count). The van der Waals surface area contributed by atoms with Gasteiger partial charge >= 0.3 is 0 Å². The second kappa shape index (κ2) is 5.93. The molecule has 0 aliphatic rings. The number of rotatable bonds is 4. The highest BCUT2D eigenvalue weighted by atomic mass is 35.5. The molecule has 0 saturated heterocycles. The second-order valence-corrected chi connectivity index (χ2v) is 4.69. The van der Waals surface area contributed by atoms with E-state index in [1.54, 1.807) is 24.3 Å². The summed E-state index contributed by atoms with van der Waals surface area (Å²) in [6.45, 7) is 0. The van der Waals surface area contributed by atoms with E-state index < -0.39 is 11.6 Å². The van der Waals surface area contributed by atoms with Gasteiger partial charge in [-0.15, -0.1) is 0 Å². The van der Waals surface area contributed by atoms with Crippen molar-refractivity contribution < 1.29 is 13.6 Å². The predicted octanol–water partition coefficient (Wildman–Crippen LogP) is 3.97. The van der Waals surface area contributed by atoms with Crippen molar-refractivity contribution in [3.8, 4) is 0 Å². The van der Waals surface area contributed by atoms with Gasteiger partial charge in [0.1, 0.15) is 17.4 Å². The van der Waals surface area contributed by atoms with Crippen molar-refractivity contribution in [2.45, 2.75) is 12.8 Å². The fraction of sp³-hybridized carbons (Fsp3) is 0.133. The van der Waals surface area contributed by atoms with Gasteiger partial charge in [-0.2, -0.15) is 0 Å². The Morgan fingerprint density at radius 2 is 1.68 bits per heavy atom. The van der Waals surface area contributed by atoms with E-state index >= 15 is 0 Å². The third kappa shape index (κ3) is 3.86. The van der Waals surface area contributed by atoms with Crippen molar-refractivity contribution in [1.29, 1.82) is 0 Å². The first-order valence-corrected chi connectivity index (χ1v) is 6.12. The van der Waals surface area contributed by atoms with Gasteiger partial charge in [0, 0.05) is 17.9 Å². The van der Waals surface area contributed by atoms with E-state index in [0.29, 0.717) is 5.02 Å². The van der Waals surface area contributed by atoms with Crippen molar-refractivity contribution in [1.82, 2.24) is 0 Å². The molecule has 0 bridgehead atoms. The summed E-state index contributed by atoms with van der Waals surface area (Å²) in [5.74, 6) is -1.28. The summed E-state index contributed by atoms with van der Waals surface area (Å²) in [6.07, 6.45) is 0.0549. The van der Waals surface area contributed by atoms with Crippen LogP contribution >= 0.6 is 11.6 Å². The highest BCUT2D eigenvalue weighted by molar-refractivity contribution is 6.30. The molecule has 1 nitrogen and oxygen atoms in total. The molecule has 4 heteroatoms. The van der Waals surface area contributed by atoms with Crippen LogP contribution in [0.1, 0.15) is 11.1 Å². The van der Waals surface area contributed by atoms with Crippen molar-refractivity contribution in [2.75, 3.05) is 0 Å². The fourth-order valence-electron chi connectivity index (χ4n) is 1.78. The summed E-state index contributed by atoms with van der Waals surface area (Å²) in [7, 11) is 0. The lowest BCUT2D eigenvalue weighted by Gasteiger charge is -2.04. The lowest BCUT2D eigenvalue weighted by atomic mass is 10.0. The third-order valence-corrected chi connectivity index (χ3v) is 2.96. The minimum absolute atomic E-state index is 0.0824. The van der Waals surface area contributed by atoms with E-state index in [2.05, 4.69) is 0 Å². The van der Waals surface area contributed by atoms with Gasteiger partial charge in [-0.1, -0.05) is 23.7 Å². The molecule has 0 unspecified atom stereocenters. The Kier molecular flexibility index (Phi) is 4.27. The molecule has 0 spiro atoms. The molecule has 0 radical (unpaired) electrons. The van der Waals surface area contributed by atoms with Gasteiger partial charge in [0.05, 0.1) is 0 Å². The average Bonchev–Trinajstić information content (AvgIpc) is 2.37. The van der Waals surface area contributed by atoms with E-state index in [4.69, 9.17) is 11.6 Å². The first kappa shape index (κ1) is 13.7. The van der Waals surface area contributed by atoms with Crippen LogP contribution in [0.3, 0.4) is 0 Å². The molecular weight excluding hydrogens is 270 g/mol. The van der Waals surface area contributed by atoms with Gasteiger partial charge in [0.15, 0.2) is 0 Å². The van der Waals surface area contributed by atoms with Crippen LogP contribution in [-0.2, 0) is 17.6 Å². The van der Waals surface area contributed by atoms with Gasteiger partial charge in [-0.25, -0.2) is 8.78 Å². The highest BCUT2D eigenvalue weighted by Gasteiger charge is 2.10. The van der Waals surface area contributed by atoms with E-state index in [1.807, 2.05) is 0 Å². The van der Waals surface area contributed by atoms with Crippen LogP contribution in [0.2, 0.25) is 5.02 Å². The minimum Gasteiger partial charge on any atom is -0.299 e. The summed E-state index contributed by atoms with van der Waals surface area (Å²) in [5.41, 5.74) is 0.880. The Morgan fingerprint density at radius 3 is 2.37 bits per heavy atom. The molecule has 0 N–H and O–H groups in total. The maximum Gasteiger partial charge on any atom is 0.141 e. The zero-order chi connectivity index (χ0) is 13.8. The Morgan fingerprint density at radius 1 is 1.00 bits per heavy atom. The third-order valence-electron chi connectivity index (χ3n) is 2.71. The maximum absolute atomic E-state index is 13.4. The molecule has 0 heterocycles. The van der Waals surface area contributed by atoms with Crippen LogP contribution < -0.4 is 0 Å². The predicted molar refractivity (Wildman–Crippen MR) is 70.2 cm³/mol. The van der Waals surface area contributed by atoms with Crippen LogP contribution in [0.4, 0.5) is 8.78 Å². The molecule has 98 valence electrons. The molecule has 19 heavy (non-hydrogen) atoms. The number of carbonyl (C=O) groups excluding carboxylic acids is 1.